The highest BCUT2D eigenvalue weighted by atomic mass is 28.3. The van der Waals surface area contributed by atoms with Crippen molar-refractivity contribution in [3.05, 3.63) is 41.8 Å². The van der Waals surface area contributed by atoms with Crippen LogP contribution in [0.2, 0.25) is 19.6 Å². The number of likely N-dealkylation sites (N-methyl/N-ethyl adjacent to an activating group) is 1. The van der Waals surface area contributed by atoms with E-state index in [2.05, 4.69) is 64.3 Å². The van der Waals surface area contributed by atoms with Gasteiger partial charge in [0.2, 0.25) is 0 Å². The number of hydrogen-bond acceptors (Lipinski definition) is 0. The van der Waals surface area contributed by atoms with E-state index in [0.717, 1.165) is 0 Å². The van der Waals surface area contributed by atoms with Crippen LogP contribution in [0.4, 0.5) is 0 Å². The van der Waals surface area contributed by atoms with Crippen molar-refractivity contribution in [2.24, 2.45) is 0 Å². The molecule has 1 nitrogen and oxygen atoms in total. The van der Waals surface area contributed by atoms with E-state index in [1.54, 1.807) is 0 Å². The number of benzene rings is 1. The molecule has 0 aromatic heterocycles. The van der Waals surface area contributed by atoms with Gasteiger partial charge in [0.15, 0.2) is 0 Å². The molecule has 0 aliphatic carbocycles. The monoisotopic (exact) mass is 247 g/mol. The summed E-state index contributed by atoms with van der Waals surface area (Å²) in [5.74, 6) is 0. The highest BCUT2D eigenvalue weighted by Gasteiger charge is 2.35. The van der Waals surface area contributed by atoms with Crippen molar-refractivity contribution in [1.82, 2.24) is 0 Å². The Bertz CT molecular complexity index is 408. The van der Waals surface area contributed by atoms with Crippen LogP contribution in [-0.2, 0) is 0 Å². The predicted molar refractivity (Wildman–Crippen MR) is 77.5 cm³/mol. The molecule has 1 aromatic rings. The predicted octanol–water partition coefficient (Wildman–Crippen LogP) is 3.64. The molecule has 1 heterocycles. The fourth-order valence-corrected chi connectivity index (χ4v) is 5.73. The lowest BCUT2D eigenvalue weighted by molar-refractivity contribution is -0.926. The lowest BCUT2D eigenvalue weighted by Gasteiger charge is -2.50. The van der Waals surface area contributed by atoms with Gasteiger partial charge in [-0.1, -0.05) is 31.3 Å². The van der Waals surface area contributed by atoms with Crippen molar-refractivity contribution in [3.63, 3.8) is 0 Å². The fourth-order valence-electron chi connectivity index (χ4n) is 3.16. The molecule has 0 bridgehead atoms. The lowest BCUT2D eigenvalue weighted by Crippen LogP contribution is -2.56. The fraction of sp³-hybridized carbons (Fsp3) is 0.533. The van der Waals surface area contributed by atoms with E-state index in [1.807, 2.05) is 0 Å². The van der Waals surface area contributed by atoms with Gasteiger partial charge in [0.1, 0.15) is 8.07 Å². The second-order valence-electron chi connectivity index (χ2n) is 6.89. The van der Waals surface area contributed by atoms with Crippen molar-refractivity contribution in [1.29, 1.82) is 0 Å². The van der Waals surface area contributed by atoms with Gasteiger partial charge in [0.25, 0.3) is 0 Å². The Morgan fingerprint density at radius 1 is 1.29 bits per heavy atom. The maximum absolute atomic E-state index is 2.48. The van der Waals surface area contributed by atoms with E-state index in [0.29, 0.717) is 6.04 Å². The quantitative estimate of drug-likeness (QED) is 0.425. The van der Waals surface area contributed by atoms with E-state index in [1.165, 1.54) is 28.3 Å². The summed E-state index contributed by atoms with van der Waals surface area (Å²) in [5.41, 5.74) is 2.98. The molecule has 0 saturated heterocycles. The third-order valence-corrected chi connectivity index (χ3v) is 5.62. The van der Waals surface area contributed by atoms with Gasteiger partial charge in [-0.25, -0.2) is 0 Å². The van der Waals surface area contributed by atoms with Gasteiger partial charge in [-0.05, 0) is 6.92 Å². The SMILES string of the molecule is CC1c2ccccc2[CH-]C[N+]1(C)C[Si](C)(C)C. The standard InChI is InChI=1S/C15H25NSi/c1-13-15-9-7-6-8-14(15)10-11-16(13,2)12-17(3,4)5/h6-10,13H,11-12H2,1-5H3. The molecule has 1 aliphatic heterocycles. The third kappa shape index (κ3) is 2.58. The average molecular weight is 247 g/mol. The molecule has 2 rings (SSSR count). The van der Waals surface area contributed by atoms with E-state index < -0.39 is 8.07 Å². The Labute approximate surface area is 107 Å². The Morgan fingerprint density at radius 3 is 2.59 bits per heavy atom. The van der Waals surface area contributed by atoms with Crippen LogP contribution in [0.3, 0.4) is 0 Å². The molecule has 2 heteroatoms. The number of rotatable bonds is 2. The van der Waals surface area contributed by atoms with Crippen molar-refractivity contribution >= 4 is 8.07 Å². The van der Waals surface area contributed by atoms with Crippen molar-refractivity contribution in [2.75, 3.05) is 19.8 Å². The lowest BCUT2D eigenvalue weighted by atomic mass is 9.92. The Kier molecular flexibility index (Phi) is 3.13. The summed E-state index contributed by atoms with van der Waals surface area (Å²) in [6, 6.07) is 9.51. The van der Waals surface area contributed by atoms with Crippen LogP contribution in [0.1, 0.15) is 24.1 Å². The van der Waals surface area contributed by atoms with Crippen molar-refractivity contribution in [3.8, 4) is 0 Å². The largest absolute Gasteiger partial charge is 0.339 e. The van der Waals surface area contributed by atoms with Crippen LogP contribution in [-0.4, -0.2) is 32.3 Å². The molecule has 94 valence electrons. The van der Waals surface area contributed by atoms with Crippen LogP contribution in [0.15, 0.2) is 24.3 Å². The molecule has 0 spiro atoms. The second-order valence-corrected chi connectivity index (χ2v) is 12.3. The number of fused-ring (bicyclic) bond motifs is 1. The number of hydrogen-bond donors (Lipinski definition) is 0. The molecule has 0 amide bonds. The van der Waals surface area contributed by atoms with E-state index in [9.17, 15) is 0 Å². The normalized spacial score (nSPS) is 28.4. The maximum atomic E-state index is 2.48. The van der Waals surface area contributed by atoms with Gasteiger partial charge in [0, 0.05) is 0 Å². The first-order valence-electron chi connectivity index (χ1n) is 6.58. The first kappa shape index (κ1) is 12.7. The highest BCUT2D eigenvalue weighted by Crippen LogP contribution is 2.36. The molecule has 1 aromatic carbocycles. The first-order valence-corrected chi connectivity index (χ1v) is 10.3. The van der Waals surface area contributed by atoms with Gasteiger partial charge in [-0.3, -0.25) is 0 Å². The van der Waals surface area contributed by atoms with E-state index in [4.69, 9.17) is 0 Å². The minimum atomic E-state index is -1.03. The van der Waals surface area contributed by atoms with Crippen LogP contribution in [0.25, 0.3) is 0 Å². The number of quaternary nitrogens is 1. The van der Waals surface area contributed by atoms with Gasteiger partial charge in [-0.2, -0.15) is 11.6 Å². The minimum Gasteiger partial charge on any atom is -0.339 e. The zero-order valence-corrected chi connectivity index (χ0v) is 12.8. The molecular formula is C15H25NSi. The Hall–Kier alpha value is -0.733. The smallest absolute Gasteiger partial charge is 0.110 e. The van der Waals surface area contributed by atoms with Crippen LogP contribution in [0.5, 0.6) is 0 Å². The van der Waals surface area contributed by atoms with Gasteiger partial charge in [-0.15, -0.1) is 18.6 Å². The van der Waals surface area contributed by atoms with Crippen LogP contribution >= 0.6 is 0 Å². The third-order valence-electron chi connectivity index (χ3n) is 3.94. The minimum absolute atomic E-state index is 0.628. The first-order chi connectivity index (χ1) is 7.82. The van der Waals surface area contributed by atoms with Gasteiger partial charge >= 0.3 is 0 Å². The van der Waals surface area contributed by atoms with Gasteiger partial charge < -0.3 is 4.48 Å². The molecule has 0 N–H and O–H groups in total. The molecular weight excluding hydrogens is 222 g/mol. The Balaban J connectivity index is 2.30. The molecule has 1 aliphatic rings. The summed E-state index contributed by atoms with van der Waals surface area (Å²) in [4.78, 5) is 0. The zero-order valence-electron chi connectivity index (χ0n) is 11.8. The summed E-state index contributed by atoms with van der Waals surface area (Å²) in [6.45, 7) is 11.0. The Morgan fingerprint density at radius 2 is 1.94 bits per heavy atom. The molecule has 17 heavy (non-hydrogen) atoms. The number of nitrogens with zero attached hydrogens (tertiary/aromatic N) is 1. The molecule has 2 unspecified atom stereocenters. The van der Waals surface area contributed by atoms with Crippen molar-refractivity contribution in [2.45, 2.75) is 32.6 Å². The molecule has 0 radical (unpaired) electrons. The van der Waals surface area contributed by atoms with E-state index >= 15 is 0 Å². The summed E-state index contributed by atoms with van der Waals surface area (Å²) in [7, 11) is 1.40. The summed E-state index contributed by atoms with van der Waals surface area (Å²) >= 11 is 0. The zero-order chi connectivity index (χ0) is 12.7. The highest BCUT2D eigenvalue weighted by molar-refractivity contribution is 6.76. The second kappa shape index (κ2) is 4.18. The van der Waals surface area contributed by atoms with Crippen LogP contribution < -0.4 is 0 Å². The molecule has 2 atom stereocenters. The summed E-state index contributed by atoms with van der Waals surface area (Å²) in [5, 5.41) is 0. The van der Waals surface area contributed by atoms with E-state index in [-0.39, 0.29) is 0 Å². The molecule has 0 fully saturated rings. The van der Waals surface area contributed by atoms with Crippen LogP contribution in [0, 0.1) is 6.42 Å². The topological polar surface area (TPSA) is 0 Å². The average Bonchev–Trinajstić information content (AvgIpc) is 2.22. The van der Waals surface area contributed by atoms with Crippen molar-refractivity contribution < 1.29 is 4.48 Å². The van der Waals surface area contributed by atoms with Gasteiger partial charge in [0.05, 0.1) is 25.8 Å². The summed E-state index contributed by atoms with van der Waals surface area (Å²) < 4.78 is 1.19. The molecule has 0 saturated carbocycles. The summed E-state index contributed by atoms with van der Waals surface area (Å²) in [6.07, 6.45) is 3.79. The maximum Gasteiger partial charge on any atom is 0.110 e.